The molecule has 0 bridgehead atoms. The Bertz CT molecular complexity index is 1130. The number of rotatable bonds is 6. The number of anilines is 1. The van der Waals surface area contributed by atoms with E-state index < -0.39 is 11.8 Å². The van der Waals surface area contributed by atoms with Crippen molar-refractivity contribution in [2.45, 2.75) is 63.5 Å². The Morgan fingerprint density at radius 3 is 2.75 bits per heavy atom. The fraction of sp³-hybridized carbons (Fsp3) is 0.478. The minimum atomic E-state index is -1.23. The molecule has 2 aromatic heterocycles. The Labute approximate surface area is 189 Å². The molecular formula is C23H25FN4O3S. The number of carbonyl (C=O) groups is 1. The summed E-state index contributed by atoms with van der Waals surface area (Å²) in [5, 5.41) is 13.2. The Morgan fingerprint density at radius 1 is 1.28 bits per heavy atom. The Kier molecular flexibility index (Phi) is 5.65. The predicted molar refractivity (Wildman–Crippen MR) is 120 cm³/mol. The third-order valence-corrected chi connectivity index (χ3v) is 7.15. The van der Waals surface area contributed by atoms with Gasteiger partial charge in [0.15, 0.2) is 11.0 Å². The number of aliphatic hydroxyl groups is 1. The van der Waals surface area contributed by atoms with Crippen molar-refractivity contribution in [3.63, 3.8) is 0 Å². The molecule has 7 nitrogen and oxygen atoms in total. The number of alkyl halides is 1. The van der Waals surface area contributed by atoms with E-state index in [0.717, 1.165) is 40.6 Å². The minimum Gasteiger partial charge on any atom is -0.390 e. The van der Waals surface area contributed by atoms with Crippen molar-refractivity contribution in [1.29, 1.82) is 0 Å². The number of thiazole rings is 1. The second-order valence-electron chi connectivity index (χ2n) is 8.94. The van der Waals surface area contributed by atoms with Gasteiger partial charge in [0.1, 0.15) is 12.3 Å². The molecule has 2 fully saturated rings. The normalized spacial score (nSPS) is 27.4. The number of nitrogens with zero attached hydrogens (tertiary/aromatic N) is 3. The molecule has 2 atom stereocenters. The number of ether oxygens (including phenoxy) is 1. The molecule has 3 aromatic rings. The highest BCUT2D eigenvalue weighted by molar-refractivity contribution is 7.22. The van der Waals surface area contributed by atoms with E-state index in [4.69, 9.17) is 4.74 Å². The van der Waals surface area contributed by atoms with Crippen LogP contribution in [0.25, 0.3) is 21.3 Å². The van der Waals surface area contributed by atoms with Crippen LogP contribution in [-0.4, -0.2) is 43.8 Å². The van der Waals surface area contributed by atoms with Crippen LogP contribution in [0.3, 0.4) is 0 Å². The van der Waals surface area contributed by atoms with Gasteiger partial charge in [-0.05, 0) is 56.7 Å². The van der Waals surface area contributed by atoms with Gasteiger partial charge in [-0.1, -0.05) is 17.4 Å². The first-order valence-electron chi connectivity index (χ1n) is 10.9. The van der Waals surface area contributed by atoms with Crippen molar-refractivity contribution in [3.8, 4) is 11.1 Å². The Morgan fingerprint density at radius 2 is 2.06 bits per heavy atom. The quantitative estimate of drug-likeness (QED) is 0.575. The summed E-state index contributed by atoms with van der Waals surface area (Å²) < 4.78 is 20.3. The number of fused-ring (bicyclic) bond motifs is 1. The van der Waals surface area contributed by atoms with Gasteiger partial charge in [0, 0.05) is 23.9 Å². The van der Waals surface area contributed by atoms with Crippen molar-refractivity contribution in [3.05, 3.63) is 36.4 Å². The highest BCUT2D eigenvalue weighted by atomic mass is 32.1. The molecule has 5 rings (SSSR count). The molecule has 2 aliphatic carbocycles. The highest BCUT2D eigenvalue weighted by Gasteiger charge is 2.44. The van der Waals surface area contributed by atoms with Crippen molar-refractivity contribution >= 4 is 32.6 Å². The van der Waals surface area contributed by atoms with Crippen molar-refractivity contribution in [2.75, 3.05) is 5.32 Å². The Hall–Kier alpha value is -2.49. The largest absolute Gasteiger partial charge is 0.390 e. The summed E-state index contributed by atoms with van der Waals surface area (Å²) >= 11 is 1.39. The van der Waals surface area contributed by atoms with Crippen LogP contribution in [0.4, 0.5) is 9.52 Å². The monoisotopic (exact) mass is 456 g/mol. The average molecular weight is 457 g/mol. The molecule has 1 amide bonds. The molecule has 2 N–H and O–H groups in total. The molecule has 9 heteroatoms. The van der Waals surface area contributed by atoms with Crippen molar-refractivity contribution in [2.24, 2.45) is 5.92 Å². The molecule has 0 saturated heterocycles. The number of benzene rings is 1. The maximum absolute atomic E-state index is 13.7. The number of nitrogens with one attached hydrogen (secondary N) is 1. The molecule has 2 aliphatic rings. The second kappa shape index (κ2) is 8.46. The summed E-state index contributed by atoms with van der Waals surface area (Å²) in [6.07, 6.45) is 6.14. The van der Waals surface area contributed by atoms with Crippen molar-refractivity contribution in [1.82, 2.24) is 15.0 Å². The van der Waals surface area contributed by atoms with Crippen LogP contribution in [0, 0.1) is 5.92 Å². The lowest BCUT2D eigenvalue weighted by Crippen LogP contribution is -2.43. The zero-order valence-corrected chi connectivity index (χ0v) is 18.6. The number of amides is 1. The van der Waals surface area contributed by atoms with E-state index in [1.54, 1.807) is 12.4 Å². The number of hydrogen-bond donors (Lipinski definition) is 2. The first kappa shape index (κ1) is 21.4. The van der Waals surface area contributed by atoms with Gasteiger partial charge in [0.25, 0.3) is 0 Å². The molecular weight excluding hydrogens is 431 g/mol. The van der Waals surface area contributed by atoms with Gasteiger partial charge >= 0.3 is 0 Å². The maximum atomic E-state index is 13.7. The zero-order valence-electron chi connectivity index (χ0n) is 17.8. The predicted octanol–water partition coefficient (Wildman–Crippen LogP) is 4.26. The summed E-state index contributed by atoms with van der Waals surface area (Å²) in [4.78, 5) is 25.5. The van der Waals surface area contributed by atoms with Gasteiger partial charge in [-0.25, -0.2) is 19.3 Å². The van der Waals surface area contributed by atoms with Gasteiger partial charge in [-0.3, -0.25) is 4.79 Å². The highest BCUT2D eigenvalue weighted by Crippen LogP contribution is 2.41. The standard InChI is InChI=1S/C23H25FN4O3S/c1-23(24)8-14(9-23)21(30)28-22-27-16-6-5-13(7-19(16)32-22)15-10-25-20(26-11-15)12-31-18-4-2-3-17(18)29/h5-7,10-11,14,17-18,29H,2-4,8-9,12H2,1H3,(H,27,28,30)/t14-,17-,18-,23-/m0/s1. The number of carbonyl (C=O) groups excluding carboxylic acids is 1. The first-order valence-corrected chi connectivity index (χ1v) is 11.7. The van der Waals surface area contributed by atoms with E-state index in [1.165, 1.54) is 18.3 Å². The van der Waals surface area contributed by atoms with Gasteiger partial charge in [-0.15, -0.1) is 0 Å². The Balaban J connectivity index is 1.24. The molecule has 2 saturated carbocycles. The van der Waals surface area contributed by atoms with Crippen LogP contribution in [0.1, 0.15) is 44.9 Å². The van der Waals surface area contributed by atoms with Crippen molar-refractivity contribution < 1.29 is 19.0 Å². The van der Waals surface area contributed by atoms with E-state index in [-0.39, 0.29) is 37.4 Å². The lowest BCUT2D eigenvalue weighted by atomic mass is 9.73. The molecule has 0 radical (unpaired) electrons. The summed E-state index contributed by atoms with van der Waals surface area (Å²) in [7, 11) is 0. The smallest absolute Gasteiger partial charge is 0.229 e. The first-order chi connectivity index (χ1) is 15.4. The molecule has 0 spiro atoms. The third-order valence-electron chi connectivity index (χ3n) is 6.22. The molecule has 1 aromatic carbocycles. The van der Waals surface area contributed by atoms with E-state index in [2.05, 4.69) is 20.3 Å². The number of aliphatic hydroxyl groups excluding tert-OH is 1. The number of aromatic nitrogens is 3. The van der Waals surface area contributed by atoms with E-state index in [1.807, 2.05) is 18.2 Å². The van der Waals surface area contributed by atoms with Crippen LogP contribution < -0.4 is 5.32 Å². The van der Waals surface area contributed by atoms with Gasteiger partial charge in [0.2, 0.25) is 5.91 Å². The summed E-state index contributed by atoms with van der Waals surface area (Å²) in [6.45, 7) is 1.81. The van der Waals surface area contributed by atoms with Crippen LogP contribution in [0.5, 0.6) is 0 Å². The molecule has 32 heavy (non-hydrogen) atoms. The number of halogens is 1. The van der Waals surface area contributed by atoms with Gasteiger partial charge in [0.05, 0.1) is 22.4 Å². The minimum absolute atomic E-state index is 0.132. The maximum Gasteiger partial charge on any atom is 0.229 e. The van der Waals surface area contributed by atoms with Crippen LogP contribution in [0.15, 0.2) is 30.6 Å². The molecule has 0 unspecified atom stereocenters. The van der Waals surface area contributed by atoms with Crippen LogP contribution in [-0.2, 0) is 16.1 Å². The summed E-state index contributed by atoms with van der Waals surface area (Å²) in [5.74, 6) is 0.122. The van der Waals surface area contributed by atoms with E-state index >= 15 is 0 Å². The fourth-order valence-corrected chi connectivity index (χ4v) is 5.29. The molecule has 0 aliphatic heterocycles. The summed E-state index contributed by atoms with van der Waals surface area (Å²) in [5.41, 5.74) is 1.38. The van der Waals surface area contributed by atoms with Gasteiger partial charge < -0.3 is 15.2 Å². The molecule has 2 heterocycles. The lowest BCUT2D eigenvalue weighted by molar-refractivity contribution is -0.127. The topological polar surface area (TPSA) is 97.2 Å². The summed E-state index contributed by atoms with van der Waals surface area (Å²) in [6, 6.07) is 5.84. The van der Waals surface area contributed by atoms with E-state index in [0.29, 0.717) is 11.0 Å². The fourth-order valence-electron chi connectivity index (χ4n) is 4.38. The average Bonchev–Trinajstić information content (AvgIpc) is 3.35. The van der Waals surface area contributed by atoms with Gasteiger partial charge in [-0.2, -0.15) is 0 Å². The second-order valence-corrected chi connectivity index (χ2v) is 9.98. The van der Waals surface area contributed by atoms with Crippen LogP contribution >= 0.6 is 11.3 Å². The zero-order chi connectivity index (χ0) is 22.3. The molecule has 168 valence electrons. The lowest BCUT2D eigenvalue weighted by Gasteiger charge is -2.37. The number of hydrogen-bond acceptors (Lipinski definition) is 7. The van der Waals surface area contributed by atoms with Crippen LogP contribution in [0.2, 0.25) is 0 Å². The van der Waals surface area contributed by atoms with E-state index in [9.17, 15) is 14.3 Å². The SMILES string of the molecule is C[C@]1(F)C[C@H](C(=O)Nc2nc3ccc(-c4cnc(CO[C@H]5CCC[C@@H]5O)nc4)cc3s2)C1. The third kappa shape index (κ3) is 4.51.